The Hall–Kier alpha value is -2.37. The minimum atomic E-state index is -0.994. The van der Waals surface area contributed by atoms with Crippen molar-refractivity contribution in [3.8, 4) is 5.75 Å². The summed E-state index contributed by atoms with van der Waals surface area (Å²) in [5.74, 6) is 1.20. The van der Waals surface area contributed by atoms with Crippen molar-refractivity contribution >= 4 is 23.3 Å². The van der Waals surface area contributed by atoms with Crippen molar-refractivity contribution < 1.29 is 14.3 Å². The van der Waals surface area contributed by atoms with E-state index in [1.807, 2.05) is 42.5 Å². The summed E-state index contributed by atoms with van der Waals surface area (Å²) >= 11 is 6.44. The molecular formula is C22H23ClN2O3. The number of halogens is 1. The maximum absolute atomic E-state index is 13.1. The lowest BCUT2D eigenvalue weighted by Gasteiger charge is -2.42. The van der Waals surface area contributed by atoms with Gasteiger partial charge in [-0.3, -0.25) is 4.79 Å². The summed E-state index contributed by atoms with van der Waals surface area (Å²) in [4.78, 5) is 17.9. The Kier molecular flexibility index (Phi) is 5.13. The van der Waals surface area contributed by atoms with Gasteiger partial charge in [-0.15, -0.1) is 0 Å². The molecule has 6 heteroatoms. The predicted octanol–water partition coefficient (Wildman–Crippen LogP) is 3.66. The Bertz CT molecular complexity index is 912. The smallest absolute Gasteiger partial charge is 0.205 e. The third kappa shape index (κ3) is 3.29. The predicted molar refractivity (Wildman–Crippen MR) is 109 cm³/mol. The van der Waals surface area contributed by atoms with Crippen molar-refractivity contribution in [2.75, 3.05) is 7.11 Å². The highest BCUT2D eigenvalue weighted by atomic mass is 35.5. The van der Waals surface area contributed by atoms with Gasteiger partial charge in [-0.25, -0.2) is 4.99 Å². The van der Waals surface area contributed by atoms with Gasteiger partial charge in [0.25, 0.3) is 0 Å². The number of methoxy groups -OCH3 is 1. The van der Waals surface area contributed by atoms with Crippen LogP contribution in [0.4, 0.5) is 0 Å². The molecule has 1 fully saturated rings. The monoisotopic (exact) mass is 398 g/mol. The number of rotatable bonds is 5. The van der Waals surface area contributed by atoms with E-state index >= 15 is 0 Å². The van der Waals surface area contributed by atoms with Crippen molar-refractivity contribution in [1.82, 2.24) is 0 Å². The average molecular weight is 399 g/mol. The van der Waals surface area contributed by atoms with Gasteiger partial charge in [-0.2, -0.15) is 0 Å². The highest BCUT2D eigenvalue weighted by Gasteiger charge is 2.52. The molecule has 2 N–H and O–H groups in total. The van der Waals surface area contributed by atoms with Crippen LogP contribution in [0.5, 0.6) is 5.75 Å². The summed E-state index contributed by atoms with van der Waals surface area (Å²) in [6.07, 6.45) is 2.20. The molecule has 5 nitrogen and oxygen atoms in total. The Morgan fingerprint density at radius 2 is 2.04 bits per heavy atom. The minimum absolute atomic E-state index is 0.0211. The Labute approximate surface area is 169 Å². The first kappa shape index (κ1) is 19.0. The first-order valence-electron chi connectivity index (χ1n) is 9.48. The number of benzene rings is 2. The van der Waals surface area contributed by atoms with Crippen LogP contribution in [0.1, 0.15) is 30.4 Å². The second-order valence-corrected chi connectivity index (χ2v) is 7.72. The number of hydrogen-bond acceptors (Lipinski definition) is 5. The number of nitrogens with two attached hydrogens (primary N) is 1. The standard InChI is InChI=1S/C22H23ClN2O3/c1-27-15-10-8-14(9-11-15)13-18(24)21-25-22(16-5-2-3-6-17(16)23)12-4-7-19(28-21)20(22)26/h2-3,5-6,8-11,18-19H,4,7,12-13,24H2,1H3/t18?,19-,22?/m0/s1. The van der Waals surface area contributed by atoms with Crippen LogP contribution >= 0.6 is 11.6 Å². The second kappa shape index (κ2) is 7.57. The number of ether oxygens (including phenoxy) is 2. The molecule has 3 atom stereocenters. The highest BCUT2D eigenvalue weighted by molar-refractivity contribution is 6.32. The molecule has 146 valence electrons. The van der Waals surface area contributed by atoms with Gasteiger partial charge in [0.15, 0.2) is 11.6 Å². The van der Waals surface area contributed by atoms with E-state index in [4.69, 9.17) is 31.8 Å². The number of fused-ring (bicyclic) bond motifs is 2. The summed E-state index contributed by atoms with van der Waals surface area (Å²) in [5.41, 5.74) is 7.24. The molecule has 1 aliphatic carbocycles. The van der Waals surface area contributed by atoms with Crippen LogP contribution in [0, 0.1) is 0 Å². The number of ketones is 1. The number of carbonyl (C=O) groups is 1. The van der Waals surface area contributed by atoms with Crippen molar-refractivity contribution in [2.24, 2.45) is 10.7 Å². The van der Waals surface area contributed by atoms with E-state index < -0.39 is 17.7 Å². The van der Waals surface area contributed by atoms with Gasteiger partial charge in [-0.05, 0) is 49.4 Å². The molecule has 1 saturated carbocycles. The van der Waals surface area contributed by atoms with Crippen LogP contribution in [-0.2, 0) is 21.5 Å². The second-order valence-electron chi connectivity index (χ2n) is 7.31. The summed E-state index contributed by atoms with van der Waals surface area (Å²) in [5, 5.41) is 0.547. The van der Waals surface area contributed by atoms with Gasteiger partial charge >= 0.3 is 0 Å². The van der Waals surface area contributed by atoms with Crippen molar-refractivity contribution in [2.45, 2.75) is 43.4 Å². The fraction of sp³-hybridized carbons (Fsp3) is 0.364. The third-order valence-electron chi connectivity index (χ3n) is 5.52. The van der Waals surface area contributed by atoms with Crippen LogP contribution in [0.3, 0.4) is 0 Å². The van der Waals surface area contributed by atoms with Gasteiger partial charge < -0.3 is 15.2 Å². The lowest BCUT2D eigenvalue weighted by Crippen LogP contribution is -2.54. The van der Waals surface area contributed by atoms with Crippen LogP contribution in [0.2, 0.25) is 5.02 Å². The molecule has 0 saturated heterocycles. The number of Topliss-reactive ketones (excluding diaryl/α,β-unsaturated/α-hetero) is 1. The zero-order valence-electron chi connectivity index (χ0n) is 15.7. The maximum Gasteiger partial charge on any atom is 0.205 e. The molecule has 0 amide bonds. The van der Waals surface area contributed by atoms with Gasteiger partial charge in [0.2, 0.25) is 11.7 Å². The molecule has 0 spiro atoms. The molecule has 2 aromatic rings. The zero-order valence-corrected chi connectivity index (χ0v) is 16.5. The largest absolute Gasteiger partial charge is 0.497 e. The molecule has 2 aromatic carbocycles. The highest BCUT2D eigenvalue weighted by Crippen LogP contribution is 2.44. The van der Waals surface area contributed by atoms with Gasteiger partial charge in [-0.1, -0.05) is 41.9 Å². The van der Waals surface area contributed by atoms with Crippen LogP contribution < -0.4 is 10.5 Å². The van der Waals surface area contributed by atoms with Gasteiger partial charge in [0.1, 0.15) is 5.75 Å². The third-order valence-corrected chi connectivity index (χ3v) is 5.85. The fourth-order valence-corrected chi connectivity index (χ4v) is 4.34. The van der Waals surface area contributed by atoms with Crippen LogP contribution in [0.25, 0.3) is 0 Å². The van der Waals surface area contributed by atoms with E-state index in [9.17, 15) is 4.79 Å². The van der Waals surface area contributed by atoms with E-state index in [1.54, 1.807) is 13.2 Å². The quantitative estimate of drug-likeness (QED) is 0.834. The molecule has 1 heterocycles. The van der Waals surface area contributed by atoms with E-state index in [2.05, 4.69) is 0 Å². The fourth-order valence-electron chi connectivity index (χ4n) is 4.04. The number of carbonyl (C=O) groups excluding carboxylic acids is 1. The Morgan fingerprint density at radius 3 is 2.75 bits per heavy atom. The lowest BCUT2D eigenvalue weighted by atomic mass is 9.73. The molecule has 1 aliphatic heterocycles. The van der Waals surface area contributed by atoms with Gasteiger partial charge in [0, 0.05) is 10.6 Å². The van der Waals surface area contributed by atoms with E-state index in [1.165, 1.54) is 0 Å². The molecule has 0 radical (unpaired) electrons. The molecular weight excluding hydrogens is 376 g/mol. The maximum atomic E-state index is 13.1. The topological polar surface area (TPSA) is 73.9 Å². The van der Waals surface area contributed by atoms with Crippen LogP contribution in [0.15, 0.2) is 53.5 Å². The molecule has 28 heavy (non-hydrogen) atoms. The SMILES string of the molecule is COc1ccc(CC(N)C2=NC3(c4ccccc4Cl)CCC[C@H](O2)C3=O)cc1. The number of hydrogen-bond donors (Lipinski definition) is 1. The van der Waals surface area contributed by atoms with E-state index in [-0.39, 0.29) is 5.78 Å². The molecule has 2 unspecified atom stereocenters. The molecule has 2 bridgehead atoms. The van der Waals surface area contributed by atoms with Crippen molar-refractivity contribution in [3.05, 3.63) is 64.7 Å². The summed E-state index contributed by atoms with van der Waals surface area (Å²) in [6, 6.07) is 14.7. The van der Waals surface area contributed by atoms with Crippen LogP contribution in [-0.4, -0.2) is 30.9 Å². The Balaban J connectivity index is 1.67. The summed E-state index contributed by atoms with van der Waals surface area (Å²) in [7, 11) is 1.63. The normalized spacial score (nSPS) is 24.9. The summed E-state index contributed by atoms with van der Waals surface area (Å²) in [6.45, 7) is 0. The first-order chi connectivity index (χ1) is 13.5. The Morgan fingerprint density at radius 1 is 1.29 bits per heavy atom. The average Bonchev–Trinajstić information content (AvgIpc) is 2.69. The van der Waals surface area contributed by atoms with Crippen molar-refractivity contribution in [3.63, 3.8) is 0 Å². The molecule has 4 rings (SSSR count). The lowest BCUT2D eigenvalue weighted by molar-refractivity contribution is -0.137. The van der Waals surface area contributed by atoms with E-state index in [0.29, 0.717) is 30.2 Å². The molecule has 0 aromatic heterocycles. The van der Waals surface area contributed by atoms with E-state index in [0.717, 1.165) is 23.3 Å². The number of aliphatic imine (C=N–C) groups is 1. The van der Waals surface area contributed by atoms with Gasteiger partial charge in [0.05, 0.1) is 13.2 Å². The first-order valence-corrected chi connectivity index (χ1v) is 9.85. The number of nitrogens with zero attached hydrogens (tertiary/aromatic N) is 1. The molecule has 2 aliphatic rings. The summed E-state index contributed by atoms with van der Waals surface area (Å²) < 4.78 is 11.1. The zero-order chi connectivity index (χ0) is 19.7. The van der Waals surface area contributed by atoms with Crippen molar-refractivity contribution in [1.29, 1.82) is 0 Å². The minimum Gasteiger partial charge on any atom is -0.497 e.